The Morgan fingerprint density at radius 2 is 2.14 bits per heavy atom. The van der Waals surface area contributed by atoms with Crippen LogP contribution in [0.2, 0.25) is 0 Å². The van der Waals surface area contributed by atoms with E-state index in [0.717, 1.165) is 11.3 Å². The van der Waals surface area contributed by atoms with E-state index in [1.54, 1.807) is 0 Å². The number of benzene rings is 1. The van der Waals surface area contributed by atoms with Crippen molar-refractivity contribution in [1.82, 2.24) is 5.43 Å². The first kappa shape index (κ1) is 10.6. The fourth-order valence-electron chi connectivity index (χ4n) is 1.29. The molecule has 1 aromatic rings. The summed E-state index contributed by atoms with van der Waals surface area (Å²) in [7, 11) is 0. The van der Waals surface area contributed by atoms with Gasteiger partial charge in [-0.3, -0.25) is 5.84 Å². The van der Waals surface area contributed by atoms with Crippen LogP contribution >= 0.6 is 0 Å². The predicted molar refractivity (Wildman–Crippen MR) is 60.0 cm³/mol. The van der Waals surface area contributed by atoms with Crippen LogP contribution in [-0.2, 0) is 0 Å². The van der Waals surface area contributed by atoms with Gasteiger partial charge < -0.3 is 11.2 Å². The topological polar surface area (TPSA) is 64.1 Å². The van der Waals surface area contributed by atoms with Crippen molar-refractivity contribution in [3.05, 3.63) is 41.6 Å². The second kappa shape index (κ2) is 4.67. The van der Waals surface area contributed by atoms with Crippen LogP contribution in [0.25, 0.3) is 5.70 Å². The van der Waals surface area contributed by atoms with E-state index in [2.05, 4.69) is 31.4 Å². The molecule has 1 rings (SSSR count). The summed E-state index contributed by atoms with van der Waals surface area (Å²) in [5, 5.41) is 0. The maximum Gasteiger partial charge on any atom is 0.0713 e. The molecule has 0 aromatic heterocycles. The lowest BCUT2D eigenvalue weighted by Crippen LogP contribution is -2.21. The first-order valence-electron chi connectivity index (χ1n) is 4.68. The molecule has 0 saturated heterocycles. The lowest BCUT2D eigenvalue weighted by atomic mass is 10.00. The molecule has 5 N–H and O–H groups in total. The molecular weight excluding hydrogens is 174 g/mol. The van der Waals surface area contributed by atoms with Crippen LogP contribution in [0.1, 0.15) is 30.9 Å². The van der Waals surface area contributed by atoms with Gasteiger partial charge in [0.1, 0.15) is 0 Å². The largest absolute Gasteiger partial charge is 0.403 e. The molecule has 0 spiro atoms. The number of hydrogen-bond donors (Lipinski definition) is 3. The van der Waals surface area contributed by atoms with Gasteiger partial charge in [-0.1, -0.05) is 32.0 Å². The number of nitrogens with one attached hydrogen (secondary N) is 1. The van der Waals surface area contributed by atoms with Gasteiger partial charge in [0.15, 0.2) is 0 Å². The third kappa shape index (κ3) is 2.26. The van der Waals surface area contributed by atoms with Crippen molar-refractivity contribution in [3.8, 4) is 0 Å². The fraction of sp³-hybridized carbons (Fsp3) is 0.273. The van der Waals surface area contributed by atoms with Crippen molar-refractivity contribution in [2.24, 2.45) is 11.6 Å². The highest BCUT2D eigenvalue weighted by atomic mass is 15.2. The molecule has 0 unspecified atom stereocenters. The molecule has 0 atom stereocenters. The molecule has 0 saturated carbocycles. The highest BCUT2D eigenvalue weighted by molar-refractivity contribution is 5.63. The lowest BCUT2D eigenvalue weighted by Gasteiger charge is -2.10. The zero-order valence-electron chi connectivity index (χ0n) is 8.62. The van der Waals surface area contributed by atoms with Gasteiger partial charge >= 0.3 is 0 Å². The Morgan fingerprint density at radius 3 is 2.64 bits per heavy atom. The molecule has 0 heterocycles. The quantitative estimate of drug-likeness (QED) is 0.501. The van der Waals surface area contributed by atoms with E-state index in [9.17, 15) is 0 Å². The van der Waals surface area contributed by atoms with Gasteiger partial charge in [0.25, 0.3) is 0 Å². The SMILES string of the molecule is CC(C)c1cccc(/C(=C/N)NN)c1. The Hall–Kier alpha value is -1.48. The van der Waals surface area contributed by atoms with Crippen LogP contribution in [0.4, 0.5) is 0 Å². The van der Waals surface area contributed by atoms with Crippen LogP contribution in [-0.4, -0.2) is 0 Å². The van der Waals surface area contributed by atoms with E-state index < -0.39 is 0 Å². The van der Waals surface area contributed by atoms with E-state index in [-0.39, 0.29) is 0 Å². The van der Waals surface area contributed by atoms with Gasteiger partial charge in [0, 0.05) is 11.8 Å². The Morgan fingerprint density at radius 1 is 1.43 bits per heavy atom. The Balaban J connectivity index is 3.05. The molecule has 3 nitrogen and oxygen atoms in total. The van der Waals surface area contributed by atoms with E-state index >= 15 is 0 Å². The van der Waals surface area contributed by atoms with Crippen molar-refractivity contribution in [2.45, 2.75) is 19.8 Å². The van der Waals surface area contributed by atoms with Gasteiger partial charge in [0.05, 0.1) is 5.70 Å². The number of hydrazine groups is 1. The maximum atomic E-state index is 5.44. The standard InChI is InChI=1S/C11H17N3/c1-8(2)9-4-3-5-10(6-9)11(7-12)14-13/h3-8,14H,12-13H2,1-2H3/b11-7-. The Bertz CT molecular complexity index is 329. The normalized spacial score (nSPS) is 11.9. The van der Waals surface area contributed by atoms with Crippen LogP contribution in [0.3, 0.4) is 0 Å². The molecule has 0 aliphatic carbocycles. The Kier molecular flexibility index (Phi) is 3.54. The summed E-state index contributed by atoms with van der Waals surface area (Å²) >= 11 is 0. The summed E-state index contributed by atoms with van der Waals surface area (Å²) in [6, 6.07) is 8.16. The molecule has 0 aliphatic heterocycles. The van der Waals surface area contributed by atoms with Crippen LogP contribution in [0.15, 0.2) is 30.5 Å². The molecule has 0 fully saturated rings. The lowest BCUT2D eigenvalue weighted by molar-refractivity contribution is 0.865. The summed E-state index contributed by atoms with van der Waals surface area (Å²) in [5.41, 5.74) is 11.0. The third-order valence-corrected chi connectivity index (χ3v) is 2.19. The molecule has 0 bridgehead atoms. The van der Waals surface area contributed by atoms with Crippen molar-refractivity contribution < 1.29 is 0 Å². The average molecular weight is 191 g/mol. The van der Waals surface area contributed by atoms with E-state index in [1.165, 1.54) is 11.8 Å². The first-order chi connectivity index (χ1) is 6.69. The molecular formula is C11H17N3. The molecule has 0 amide bonds. The van der Waals surface area contributed by atoms with Gasteiger partial charge in [-0.2, -0.15) is 0 Å². The molecule has 14 heavy (non-hydrogen) atoms. The van der Waals surface area contributed by atoms with Crippen molar-refractivity contribution >= 4 is 5.70 Å². The molecule has 0 aliphatic rings. The first-order valence-corrected chi connectivity index (χ1v) is 4.68. The van der Waals surface area contributed by atoms with Crippen molar-refractivity contribution in [1.29, 1.82) is 0 Å². The smallest absolute Gasteiger partial charge is 0.0713 e. The zero-order valence-corrected chi connectivity index (χ0v) is 8.62. The monoisotopic (exact) mass is 191 g/mol. The maximum absolute atomic E-state index is 5.44. The van der Waals surface area contributed by atoms with Gasteiger partial charge in [-0.15, -0.1) is 0 Å². The predicted octanol–water partition coefficient (Wildman–Crippen LogP) is 1.53. The summed E-state index contributed by atoms with van der Waals surface area (Å²) in [6.07, 6.45) is 1.47. The molecule has 0 radical (unpaired) electrons. The van der Waals surface area contributed by atoms with Crippen molar-refractivity contribution in [3.63, 3.8) is 0 Å². The van der Waals surface area contributed by atoms with Gasteiger partial charge in [0.2, 0.25) is 0 Å². The zero-order chi connectivity index (χ0) is 10.6. The summed E-state index contributed by atoms with van der Waals surface area (Å²) < 4.78 is 0. The average Bonchev–Trinajstić information content (AvgIpc) is 2.20. The number of rotatable bonds is 3. The van der Waals surface area contributed by atoms with Crippen molar-refractivity contribution in [2.75, 3.05) is 0 Å². The second-order valence-electron chi connectivity index (χ2n) is 3.50. The number of nitrogens with two attached hydrogens (primary N) is 2. The minimum absolute atomic E-state index is 0.506. The summed E-state index contributed by atoms with van der Waals surface area (Å²) in [4.78, 5) is 0. The van der Waals surface area contributed by atoms with E-state index in [0.29, 0.717) is 5.92 Å². The summed E-state index contributed by atoms with van der Waals surface area (Å²) in [6.45, 7) is 4.31. The minimum Gasteiger partial charge on any atom is -0.403 e. The number of hydrogen-bond acceptors (Lipinski definition) is 3. The van der Waals surface area contributed by atoms with E-state index in [4.69, 9.17) is 11.6 Å². The Labute approximate surface area is 84.8 Å². The molecule has 76 valence electrons. The molecule has 3 heteroatoms. The van der Waals surface area contributed by atoms with Crippen LogP contribution in [0.5, 0.6) is 0 Å². The third-order valence-electron chi connectivity index (χ3n) is 2.19. The van der Waals surface area contributed by atoms with Gasteiger partial charge in [-0.05, 0) is 17.5 Å². The highest BCUT2D eigenvalue weighted by Gasteiger charge is 2.02. The summed E-state index contributed by atoms with van der Waals surface area (Å²) in [5.74, 6) is 5.85. The second-order valence-corrected chi connectivity index (χ2v) is 3.50. The highest BCUT2D eigenvalue weighted by Crippen LogP contribution is 2.18. The van der Waals surface area contributed by atoms with Crippen LogP contribution in [0, 0.1) is 0 Å². The van der Waals surface area contributed by atoms with Gasteiger partial charge in [-0.25, -0.2) is 0 Å². The minimum atomic E-state index is 0.506. The molecule has 1 aromatic carbocycles. The van der Waals surface area contributed by atoms with E-state index in [1.807, 2.05) is 12.1 Å². The fourth-order valence-corrected chi connectivity index (χ4v) is 1.29. The van der Waals surface area contributed by atoms with Crippen LogP contribution < -0.4 is 17.0 Å².